The minimum absolute atomic E-state index is 0.0346. The van der Waals surface area contributed by atoms with Gasteiger partial charge in [-0.1, -0.05) is 6.07 Å². The smallest absolute Gasteiger partial charge is 0.337 e. The second-order valence-corrected chi connectivity index (χ2v) is 5.65. The van der Waals surface area contributed by atoms with E-state index in [1.54, 1.807) is 0 Å². The first-order valence-electron chi connectivity index (χ1n) is 4.81. The number of hydrogen-bond acceptors (Lipinski definition) is 4. The summed E-state index contributed by atoms with van der Waals surface area (Å²) in [6.45, 7) is 0. The number of anilines is 1. The van der Waals surface area contributed by atoms with Crippen LogP contribution >= 0.6 is 0 Å². The first-order chi connectivity index (χ1) is 7.92. The van der Waals surface area contributed by atoms with E-state index >= 15 is 0 Å². The minimum atomic E-state index is -3.75. The third kappa shape index (κ3) is 2.01. The molecule has 0 unspecified atom stereocenters. The van der Waals surface area contributed by atoms with Crippen LogP contribution in [0.1, 0.15) is 16.8 Å². The van der Waals surface area contributed by atoms with Gasteiger partial charge >= 0.3 is 5.97 Å². The largest absolute Gasteiger partial charge is 0.478 e. The number of aromatic carboxylic acids is 1. The molecule has 1 amide bonds. The van der Waals surface area contributed by atoms with Gasteiger partial charge in [0.15, 0.2) is 9.84 Å². The summed E-state index contributed by atoms with van der Waals surface area (Å²) in [6, 6.07) is 3.97. The highest BCUT2D eigenvalue weighted by Gasteiger charge is 2.29. The Kier molecular flexibility index (Phi) is 2.62. The van der Waals surface area contributed by atoms with Crippen molar-refractivity contribution in [3.63, 3.8) is 0 Å². The predicted molar refractivity (Wildman–Crippen MR) is 58.7 cm³/mol. The third-order valence-electron chi connectivity index (χ3n) is 2.43. The molecule has 1 heterocycles. The fraction of sp³-hybridized carbons (Fsp3) is 0.200. The average molecular weight is 255 g/mol. The van der Waals surface area contributed by atoms with E-state index in [9.17, 15) is 18.0 Å². The van der Waals surface area contributed by atoms with E-state index in [-0.39, 0.29) is 28.3 Å². The molecule has 90 valence electrons. The van der Waals surface area contributed by atoms with Crippen LogP contribution in [0.25, 0.3) is 0 Å². The van der Waals surface area contributed by atoms with Gasteiger partial charge in [0, 0.05) is 6.42 Å². The molecular formula is C10H9NO5S. The number of carboxylic acids is 1. The van der Waals surface area contributed by atoms with Gasteiger partial charge in [-0.15, -0.1) is 0 Å². The van der Waals surface area contributed by atoms with Gasteiger partial charge in [0.05, 0.1) is 17.0 Å². The summed E-state index contributed by atoms with van der Waals surface area (Å²) < 4.78 is 23.8. The number of carbonyl (C=O) groups excluding carboxylic acids is 1. The van der Waals surface area contributed by atoms with Crippen LogP contribution in [-0.4, -0.2) is 31.2 Å². The highest BCUT2D eigenvalue weighted by atomic mass is 32.2. The highest BCUT2D eigenvalue weighted by Crippen LogP contribution is 2.29. The molecular weight excluding hydrogens is 246 g/mol. The van der Waals surface area contributed by atoms with Crippen LogP contribution in [0.4, 0.5) is 5.69 Å². The van der Waals surface area contributed by atoms with E-state index in [0.717, 1.165) is 0 Å². The molecule has 2 N–H and O–H groups in total. The quantitative estimate of drug-likeness (QED) is 0.761. The van der Waals surface area contributed by atoms with Crippen LogP contribution in [0.15, 0.2) is 23.1 Å². The molecule has 0 fully saturated rings. The second kappa shape index (κ2) is 3.85. The molecule has 0 aromatic heterocycles. The fourth-order valence-electron chi connectivity index (χ4n) is 1.68. The molecule has 6 nitrogen and oxygen atoms in total. The summed E-state index contributed by atoms with van der Waals surface area (Å²) in [5.74, 6) is -2.15. The van der Waals surface area contributed by atoms with Gasteiger partial charge in [-0.05, 0) is 12.1 Å². The van der Waals surface area contributed by atoms with Crippen molar-refractivity contribution in [2.75, 3.05) is 11.1 Å². The number of hydrogen-bond donors (Lipinski definition) is 2. The van der Waals surface area contributed by atoms with E-state index in [4.69, 9.17) is 5.11 Å². The van der Waals surface area contributed by atoms with E-state index in [1.165, 1.54) is 18.2 Å². The molecule has 1 aliphatic heterocycles. The lowest BCUT2D eigenvalue weighted by atomic mass is 10.2. The Morgan fingerprint density at radius 2 is 2.06 bits per heavy atom. The normalized spacial score (nSPS) is 17.8. The number of nitrogens with one attached hydrogen (secondary N) is 1. The van der Waals surface area contributed by atoms with Gasteiger partial charge in [-0.25, -0.2) is 13.2 Å². The SMILES string of the molecule is O=C1CCS(=O)(=O)c2c(cccc2C(=O)O)N1. The number of sulfone groups is 1. The molecule has 0 atom stereocenters. The van der Waals surface area contributed by atoms with Crippen molar-refractivity contribution in [1.29, 1.82) is 0 Å². The van der Waals surface area contributed by atoms with Gasteiger partial charge in [0.2, 0.25) is 5.91 Å². The zero-order valence-corrected chi connectivity index (χ0v) is 9.45. The summed E-state index contributed by atoms with van der Waals surface area (Å²) in [5.41, 5.74) is -0.280. The zero-order valence-electron chi connectivity index (χ0n) is 8.63. The number of rotatable bonds is 1. The predicted octanol–water partition coefficient (Wildman–Crippen LogP) is 0.501. The summed E-state index contributed by atoms with van der Waals surface area (Å²) >= 11 is 0. The van der Waals surface area contributed by atoms with Crippen molar-refractivity contribution in [2.24, 2.45) is 0 Å². The van der Waals surface area contributed by atoms with Crippen molar-refractivity contribution in [3.8, 4) is 0 Å². The van der Waals surface area contributed by atoms with Crippen LogP contribution < -0.4 is 5.32 Å². The molecule has 17 heavy (non-hydrogen) atoms. The molecule has 1 aromatic rings. The lowest BCUT2D eigenvalue weighted by molar-refractivity contribution is -0.115. The van der Waals surface area contributed by atoms with Crippen molar-refractivity contribution in [2.45, 2.75) is 11.3 Å². The van der Waals surface area contributed by atoms with E-state index in [0.29, 0.717) is 0 Å². The van der Waals surface area contributed by atoms with Crippen molar-refractivity contribution in [1.82, 2.24) is 0 Å². The summed E-state index contributed by atoms with van der Waals surface area (Å²) in [6.07, 6.45) is -0.171. The van der Waals surface area contributed by atoms with Crippen molar-refractivity contribution in [3.05, 3.63) is 23.8 Å². The maximum Gasteiger partial charge on any atom is 0.337 e. The Bertz CT molecular complexity index is 605. The fourth-order valence-corrected chi connectivity index (χ4v) is 3.28. The minimum Gasteiger partial charge on any atom is -0.478 e. The molecule has 0 bridgehead atoms. The Morgan fingerprint density at radius 1 is 1.35 bits per heavy atom. The van der Waals surface area contributed by atoms with E-state index in [1.807, 2.05) is 0 Å². The van der Waals surface area contributed by atoms with Gasteiger partial charge in [0.1, 0.15) is 4.90 Å². The monoisotopic (exact) mass is 255 g/mol. The maximum atomic E-state index is 11.9. The zero-order chi connectivity index (χ0) is 12.6. The van der Waals surface area contributed by atoms with E-state index < -0.39 is 21.7 Å². The number of amides is 1. The third-order valence-corrected chi connectivity index (χ3v) is 4.23. The lowest BCUT2D eigenvalue weighted by Crippen LogP contribution is -2.11. The molecule has 0 saturated carbocycles. The summed E-state index contributed by atoms with van der Waals surface area (Å²) in [7, 11) is -3.75. The topological polar surface area (TPSA) is 101 Å². The number of carbonyl (C=O) groups is 2. The maximum absolute atomic E-state index is 11.9. The molecule has 1 aliphatic rings. The molecule has 0 saturated heterocycles. The highest BCUT2D eigenvalue weighted by molar-refractivity contribution is 7.91. The number of fused-ring (bicyclic) bond motifs is 1. The molecule has 7 heteroatoms. The Hall–Kier alpha value is -1.89. The van der Waals surface area contributed by atoms with Crippen molar-refractivity contribution >= 4 is 27.4 Å². The van der Waals surface area contributed by atoms with Gasteiger partial charge in [-0.3, -0.25) is 4.79 Å². The standard InChI is InChI=1S/C10H9NO5S/c12-8-4-5-17(15,16)9-6(10(13)14)2-1-3-7(9)11-8/h1-3H,4-5H2,(H,11,12)(H,13,14). The lowest BCUT2D eigenvalue weighted by Gasteiger charge is -2.09. The Morgan fingerprint density at radius 3 is 2.71 bits per heavy atom. The summed E-state index contributed by atoms with van der Waals surface area (Å²) in [4.78, 5) is 22.0. The molecule has 0 aliphatic carbocycles. The molecule has 0 spiro atoms. The van der Waals surface area contributed by atoms with Gasteiger partial charge < -0.3 is 10.4 Å². The van der Waals surface area contributed by atoms with Crippen molar-refractivity contribution < 1.29 is 23.1 Å². The van der Waals surface area contributed by atoms with Crippen LogP contribution in [0.3, 0.4) is 0 Å². The molecule has 2 rings (SSSR count). The summed E-state index contributed by atoms with van der Waals surface area (Å²) in [5, 5.41) is 11.3. The molecule has 0 radical (unpaired) electrons. The van der Waals surface area contributed by atoms with Crippen LogP contribution in [0.5, 0.6) is 0 Å². The Balaban J connectivity index is 2.77. The first kappa shape index (κ1) is 11.6. The van der Waals surface area contributed by atoms with Crippen LogP contribution in [0.2, 0.25) is 0 Å². The van der Waals surface area contributed by atoms with Gasteiger partial charge in [-0.2, -0.15) is 0 Å². The second-order valence-electron chi connectivity index (χ2n) is 3.60. The first-order valence-corrected chi connectivity index (χ1v) is 6.46. The Labute approximate surface area is 97.2 Å². The van der Waals surface area contributed by atoms with Gasteiger partial charge in [0.25, 0.3) is 0 Å². The molecule has 1 aromatic carbocycles. The van der Waals surface area contributed by atoms with Crippen LogP contribution in [0, 0.1) is 0 Å². The number of benzene rings is 1. The van der Waals surface area contributed by atoms with Crippen LogP contribution in [-0.2, 0) is 14.6 Å². The number of carboxylic acid groups (broad SMARTS) is 1. The van der Waals surface area contributed by atoms with E-state index in [2.05, 4.69) is 5.32 Å². The average Bonchev–Trinajstić information content (AvgIpc) is 2.36.